The first kappa shape index (κ1) is 23.5. The van der Waals surface area contributed by atoms with Gasteiger partial charge in [0.15, 0.2) is 5.13 Å². The Bertz CT molecular complexity index is 1010. The van der Waals surface area contributed by atoms with Gasteiger partial charge in [-0.3, -0.25) is 14.6 Å². The molecule has 1 amide bonds. The number of fused-ring (bicyclic) bond motifs is 1. The maximum atomic E-state index is 13.4. The lowest BCUT2D eigenvalue weighted by Crippen LogP contribution is -2.43. The second-order valence-electron chi connectivity index (χ2n) is 6.72. The van der Waals surface area contributed by atoms with Crippen LogP contribution in [0.25, 0.3) is 10.2 Å². The highest BCUT2D eigenvalue weighted by atomic mass is 79.9. The Hall–Kier alpha value is -1.16. The quantitative estimate of drug-likeness (QED) is 0.413. The van der Waals surface area contributed by atoms with Crippen LogP contribution in [0.2, 0.25) is 0 Å². The summed E-state index contributed by atoms with van der Waals surface area (Å²) in [5, 5.41) is 0.750. The topological polar surface area (TPSA) is 45.7 Å². The average Bonchev–Trinajstić information content (AvgIpc) is 3.18. The van der Waals surface area contributed by atoms with E-state index in [4.69, 9.17) is 9.72 Å². The molecular formula is C21H23BrClN3O2S2. The highest BCUT2D eigenvalue weighted by Gasteiger charge is 2.23. The molecule has 0 radical (unpaired) electrons. The summed E-state index contributed by atoms with van der Waals surface area (Å²) in [7, 11) is 0. The van der Waals surface area contributed by atoms with E-state index in [0.29, 0.717) is 12.1 Å². The van der Waals surface area contributed by atoms with Crippen molar-refractivity contribution in [3.05, 3.63) is 52.5 Å². The molecule has 160 valence electrons. The molecule has 9 heteroatoms. The van der Waals surface area contributed by atoms with Crippen molar-refractivity contribution < 1.29 is 9.53 Å². The zero-order chi connectivity index (χ0) is 20.2. The average molecular weight is 529 g/mol. The number of aromatic nitrogens is 1. The van der Waals surface area contributed by atoms with E-state index in [-0.39, 0.29) is 18.3 Å². The molecule has 0 spiro atoms. The van der Waals surface area contributed by atoms with Gasteiger partial charge in [0.2, 0.25) is 0 Å². The molecule has 2 heterocycles. The molecule has 30 heavy (non-hydrogen) atoms. The second-order valence-corrected chi connectivity index (χ2v) is 9.50. The molecule has 0 N–H and O–H groups in total. The molecule has 1 fully saturated rings. The molecule has 0 bridgehead atoms. The SMILES string of the molecule is CSc1cccc2sc(N(CCN3CCOCC3)C(=O)c3cccc(Br)c3)nc12.Cl. The Morgan fingerprint density at radius 3 is 2.77 bits per heavy atom. The predicted octanol–water partition coefficient (Wildman–Crippen LogP) is 5.18. The smallest absolute Gasteiger partial charge is 0.260 e. The van der Waals surface area contributed by atoms with Crippen LogP contribution in [-0.4, -0.2) is 61.4 Å². The van der Waals surface area contributed by atoms with Crippen LogP contribution in [0.1, 0.15) is 10.4 Å². The van der Waals surface area contributed by atoms with Crippen molar-refractivity contribution in [1.29, 1.82) is 0 Å². The molecule has 1 saturated heterocycles. The van der Waals surface area contributed by atoms with Gasteiger partial charge in [-0.05, 0) is 36.6 Å². The molecule has 1 aliphatic rings. The van der Waals surface area contributed by atoms with Crippen LogP contribution in [-0.2, 0) is 4.74 Å². The highest BCUT2D eigenvalue weighted by molar-refractivity contribution is 9.10. The van der Waals surface area contributed by atoms with E-state index in [0.717, 1.165) is 57.6 Å². The van der Waals surface area contributed by atoms with Gasteiger partial charge in [0.25, 0.3) is 5.91 Å². The first-order valence-electron chi connectivity index (χ1n) is 9.47. The number of benzene rings is 2. The summed E-state index contributed by atoms with van der Waals surface area (Å²) >= 11 is 6.73. The van der Waals surface area contributed by atoms with Crippen molar-refractivity contribution in [1.82, 2.24) is 9.88 Å². The van der Waals surface area contributed by atoms with Crippen molar-refractivity contribution in [2.24, 2.45) is 0 Å². The fraction of sp³-hybridized carbons (Fsp3) is 0.333. The minimum absolute atomic E-state index is 0. The number of ether oxygens (including phenoxy) is 1. The third-order valence-corrected chi connectivity index (χ3v) is 7.19. The molecule has 0 atom stereocenters. The van der Waals surface area contributed by atoms with Crippen molar-refractivity contribution in [2.75, 3.05) is 50.5 Å². The number of morpholine rings is 1. The van der Waals surface area contributed by atoms with Gasteiger partial charge in [0.05, 0.1) is 23.4 Å². The molecule has 4 rings (SSSR count). The van der Waals surface area contributed by atoms with E-state index in [1.165, 1.54) is 0 Å². The summed E-state index contributed by atoms with van der Waals surface area (Å²) in [6.45, 7) is 4.69. The van der Waals surface area contributed by atoms with Crippen LogP contribution in [0.4, 0.5) is 5.13 Å². The summed E-state index contributed by atoms with van der Waals surface area (Å²) in [6.07, 6.45) is 2.05. The van der Waals surface area contributed by atoms with Gasteiger partial charge in [0.1, 0.15) is 0 Å². The number of carbonyl (C=O) groups excluding carboxylic acids is 1. The molecular weight excluding hydrogens is 506 g/mol. The number of carbonyl (C=O) groups is 1. The van der Waals surface area contributed by atoms with Crippen LogP contribution < -0.4 is 4.90 Å². The number of halogens is 2. The fourth-order valence-electron chi connectivity index (χ4n) is 3.32. The molecule has 2 aromatic carbocycles. The Morgan fingerprint density at radius 1 is 1.27 bits per heavy atom. The zero-order valence-electron chi connectivity index (χ0n) is 16.5. The minimum Gasteiger partial charge on any atom is -0.379 e. The van der Waals surface area contributed by atoms with Crippen molar-refractivity contribution >= 4 is 72.7 Å². The maximum Gasteiger partial charge on any atom is 0.260 e. The number of amides is 1. The number of para-hydroxylation sites is 1. The van der Waals surface area contributed by atoms with Crippen LogP contribution in [0.5, 0.6) is 0 Å². The van der Waals surface area contributed by atoms with Gasteiger partial charge >= 0.3 is 0 Å². The predicted molar refractivity (Wildman–Crippen MR) is 132 cm³/mol. The summed E-state index contributed by atoms with van der Waals surface area (Å²) in [6, 6.07) is 13.7. The largest absolute Gasteiger partial charge is 0.379 e. The lowest BCUT2D eigenvalue weighted by molar-refractivity contribution is 0.0391. The number of nitrogens with zero attached hydrogens (tertiary/aromatic N) is 3. The lowest BCUT2D eigenvalue weighted by atomic mass is 10.2. The number of hydrogen-bond acceptors (Lipinski definition) is 6. The van der Waals surface area contributed by atoms with E-state index in [2.05, 4.69) is 39.2 Å². The third kappa shape index (κ3) is 5.36. The van der Waals surface area contributed by atoms with Crippen LogP contribution in [0, 0.1) is 0 Å². The van der Waals surface area contributed by atoms with Crippen LogP contribution in [0.3, 0.4) is 0 Å². The van der Waals surface area contributed by atoms with Gasteiger partial charge < -0.3 is 4.74 Å². The summed E-state index contributed by atoms with van der Waals surface area (Å²) in [4.78, 5) is 23.6. The Kier molecular flexibility index (Phi) is 8.56. The van der Waals surface area contributed by atoms with Gasteiger partial charge in [-0.2, -0.15) is 0 Å². The number of thioether (sulfide) groups is 1. The standard InChI is InChI=1S/C21H22BrN3O2S2.ClH/c1-28-17-6-3-7-18-19(17)23-21(29-18)25(9-8-24-10-12-27-13-11-24)20(26)15-4-2-5-16(22)14-15;/h2-7,14H,8-13H2,1H3;1H. The van der Waals surface area contributed by atoms with E-state index in [9.17, 15) is 4.79 Å². The molecule has 0 unspecified atom stereocenters. The van der Waals surface area contributed by atoms with Gasteiger partial charge in [-0.25, -0.2) is 4.98 Å². The van der Waals surface area contributed by atoms with Crippen molar-refractivity contribution in [3.8, 4) is 0 Å². The molecule has 3 aromatic rings. The first-order chi connectivity index (χ1) is 14.2. The summed E-state index contributed by atoms with van der Waals surface area (Å²) < 4.78 is 7.44. The van der Waals surface area contributed by atoms with Crippen LogP contribution >= 0.6 is 51.4 Å². The van der Waals surface area contributed by atoms with E-state index in [1.807, 2.05) is 35.2 Å². The Labute approximate surface area is 199 Å². The zero-order valence-corrected chi connectivity index (χ0v) is 20.6. The van der Waals surface area contributed by atoms with Crippen LogP contribution in [0.15, 0.2) is 51.8 Å². The molecule has 1 aromatic heterocycles. The number of anilines is 1. The van der Waals surface area contributed by atoms with Gasteiger partial charge in [0, 0.05) is 41.1 Å². The summed E-state index contributed by atoms with van der Waals surface area (Å²) in [5.74, 6) is -0.0238. The third-order valence-electron chi connectivity index (χ3n) is 4.88. The monoisotopic (exact) mass is 527 g/mol. The van der Waals surface area contributed by atoms with E-state index in [1.54, 1.807) is 23.1 Å². The number of hydrogen-bond donors (Lipinski definition) is 0. The Balaban J connectivity index is 0.00000256. The fourth-order valence-corrected chi connectivity index (χ4v) is 5.36. The molecule has 0 aliphatic carbocycles. The number of thiazole rings is 1. The van der Waals surface area contributed by atoms with Gasteiger partial charge in [-0.1, -0.05) is 39.4 Å². The highest BCUT2D eigenvalue weighted by Crippen LogP contribution is 2.34. The van der Waals surface area contributed by atoms with Crippen molar-refractivity contribution in [2.45, 2.75) is 4.90 Å². The molecule has 5 nitrogen and oxygen atoms in total. The number of rotatable bonds is 6. The normalized spacial score (nSPS) is 14.5. The Morgan fingerprint density at radius 2 is 2.03 bits per heavy atom. The van der Waals surface area contributed by atoms with E-state index < -0.39 is 0 Å². The molecule has 1 aliphatic heterocycles. The summed E-state index contributed by atoms with van der Waals surface area (Å²) in [5.41, 5.74) is 1.63. The maximum absolute atomic E-state index is 13.4. The first-order valence-corrected chi connectivity index (χ1v) is 12.3. The van der Waals surface area contributed by atoms with Crippen molar-refractivity contribution in [3.63, 3.8) is 0 Å². The van der Waals surface area contributed by atoms with Gasteiger partial charge in [-0.15, -0.1) is 24.2 Å². The van der Waals surface area contributed by atoms with E-state index >= 15 is 0 Å². The second kappa shape index (κ2) is 10.9. The molecule has 0 saturated carbocycles. The lowest BCUT2D eigenvalue weighted by Gasteiger charge is -2.29. The minimum atomic E-state index is -0.0238.